The quantitative estimate of drug-likeness (QED) is 0.845. The van der Waals surface area contributed by atoms with Crippen LogP contribution in [0, 0.1) is 11.3 Å². The van der Waals surface area contributed by atoms with Crippen molar-refractivity contribution in [2.45, 2.75) is 19.9 Å². The van der Waals surface area contributed by atoms with Crippen LogP contribution >= 0.6 is 0 Å². The van der Waals surface area contributed by atoms with Crippen LogP contribution in [0.4, 0.5) is 0 Å². The summed E-state index contributed by atoms with van der Waals surface area (Å²) in [5.41, 5.74) is 2.41. The van der Waals surface area contributed by atoms with Crippen LogP contribution in [-0.4, -0.2) is 19.7 Å². The molecular weight excluding hydrogens is 212 g/mol. The topological polar surface area (TPSA) is 45.0 Å². The van der Waals surface area contributed by atoms with Crippen LogP contribution in [0.15, 0.2) is 29.8 Å². The maximum atomic E-state index is 8.40. The predicted octanol–water partition coefficient (Wildman–Crippen LogP) is 2.60. The Kier molecular flexibility index (Phi) is 5.25. The molecule has 1 rings (SSSR count). The Morgan fingerprint density at radius 1 is 1.47 bits per heavy atom. The highest BCUT2D eigenvalue weighted by Gasteiger charge is 2.00. The zero-order valence-electron chi connectivity index (χ0n) is 10.5. The van der Waals surface area contributed by atoms with Crippen molar-refractivity contribution in [3.8, 4) is 11.8 Å². The molecule has 0 heterocycles. The Balaban J connectivity index is 2.71. The number of likely N-dealkylation sites (N-methyl/N-ethyl adjacent to an activating group) is 1. The van der Waals surface area contributed by atoms with Crippen molar-refractivity contribution < 1.29 is 4.74 Å². The van der Waals surface area contributed by atoms with Crippen LogP contribution in [0.25, 0.3) is 6.08 Å². The van der Waals surface area contributed by atoms with Crippen molar-refractivity contribution in [1.29, 1.82) is 5.26 Å². The number of rotatable bonds is 5. The summed E-state index contributed by atoms with van der Waals surface area (Å²) >= 11 is 0. The van der Waals surface area contributed by atoms with Crippen molar-refractivity contribution in [2.75, 3.05) is 13.7 Å². The third-order valence-corrected chi connectivity index (χ3v) is 2.69. The summed E-state index contributed by atoms with van der Waals surface area (Å²) in [5.74, 6) is 0.725. The van der Waals surface area contributed by atoms with E-state index in [0.717, 1.165) is 11.3 Å². The van der Waals surface area contributed by atoms with Crippen LogP contribution < -0.4 is 10.1 Å². The van der Waals surface area contributed by atoms with Crippen LogP contribution in [0.1, 0.15) is 19.4 Å². The Morgan fingerprint density at radius 2 is 2.12 bits per heavy atom. The monoisotopic (exact) mass is 230 g/mol. The van der Waals surface area contributed by atoms with Crippen LogP contribution in [0.5, 0.6) is 5.75 Å². The van der Waals surface area contributed by atoms with Gasteiger partial charge in [0.1, 0.15) is 11.8 Å². The van der Waals surface area contributed by atoms with E-state index in [2.05, 4.69) is 25.2 Å². The normalized spacial score (nSPS) is 12.9. The molecule has 0 aliphatic carbocycles. The molecule has 0 radical (unpaired) electrons. The van der Waals surface area contributed by atoms with Crippen LogP contribution in [0.3, 0.4) is 0 Å². The molecule has 17 heavy (non-hydrogen) atoms. The van der Waals surface area contributed by atoms with Gasteiger partial charge >= 0.3 is 0 Å². The van der Waals surface area contributed by atoms with Crippen molar-refractivity contribution in [3.63, 3.8) is 0 Å². The smallest absolute Gasteiger partial charge is 0.174 e. The van der Waals surface area contributed by atoms with E-state index in [9.17, 15) is 0 Å². The van der Waals surface area contributed by atoms with Gasteiger partial charge in [0, 0.05) is 6.04 Å². The summed E-state index contributed by atoms with van der Waals surface area (Å²) in [7, 11) is 1.95. The summed E-state index contributed by atoms with van der Waals surface area (Å²) in [6, 6.07) is 10.0. The fraction of sp³-hybridized carbons (Fsp3) is 0.357. The molecule has 0 saturated carbocycles. The van der Waals surface area contributed by atoms with Crippen molar-refractivity contribution in [1.82, 2.24) is 5.32 Å². The van der Waals surface area contributed by atoms with E-state index in [4.69, 9.17) is 10.00 Å². The molecule has 1 atom stereocenters. The summed E-state index contributed by atoms with van der Waals surface area (Å²) in [4.78, 5) is 0. The number of benzene rings is 1. The fourth-order valence-electron chi connectivity index (χ4n) is 1.39. The van der Waals surface area contributed by atoms with Crippen molar-refractivity contribution in [3.05, 3.63) is 35.4 Å². The Bertz CT molecular complexity index is 415. The number of hydrogen-bond acceptors (Lipinski definition) is 3. The molecule has 0 saturated heterocycles. The van der Waals surface area contributed by atoms with Gasteiger partial charge in [0.2, 0.25) is 0 Å². The third-order valence-electron chi connectivity index (χ3n) is 2.69. The molecule has 3 heteroatoms. The van der Waals surface area contributed by atoms with Gasteiger partial charge < -0.3 is 10.1 Å². The standard InChI is InChI=1S/C14H18N2O/c1-11(12(2)16-3)10-13-4-6-14(7-5-13)17-9-8-15/h4-7,10,12,16H,9H2,1-3H3/b11-10+. The third kappa shape index (κ3) is 4.29. The molecule has 1 aromatic rings. The van der Waals surface area contributed by atoms with Gasteiger partial charge in [-0.05, 0) is 38.6 Å². The highest BCUT2D eigenvalue weighted by molar-refractivity contribution is 5.54. The van der Waals surface area contributed by atoms with Crippen molar-refractivity contribution in [2.24, 2.45) is 0 Å². The lowest BCUT2D eigenvalue weighted by Crippen LogP contribution is -2.21. The van der Waals surface area contributed by atoms with Gasteiger partial charge in [-0.2, -0.15) is 5.26 Å². The van der Waals surface area contributed by atoms with E-state index in [1.807, 2.05) is 37.4 Å². The fourth-order valence-corrected chi connectivity index (χ4v) is 1.39. The number of nitriles is 1. The summed E-state index contributed by atoms with van der Waals surface area (Å²) in [5, 5.41) is 11.6. The first-order valence-electron chi connectivity index (χ1n) is 5.62. The molecule has 90 valence electrons. The molecule has 0 aliphatic rings. The average molecular weight is 230 g/mol. The molecule has 0 bridgehead atoms. The van der Waals surface area contributed by atoms with Gasteiger partial charge in [-0.1, -0.05) is 23.8 Å². The van der Waals surface area contributed by atoms with E-state index in [0.29, 0.717) is 6.04 Å². The molecule has 0 aliphatic heterocycles. The van der Waals surface area contributed by atoms with E-state index in [1.165, 1.54) is 5.57 Å². The molecule has 0 spiro atoms. The largest absolute Gasteiger partial charge is 0.479 e. The number of nitrogens with one attached hydrogen (secondary N) is 1. The highest BCUT2D eigenvalue weighted by atomic mass is 16.5. The first-order chi connectivity index (χ1) is 8.17. The van der Waals surface area contributed by atoms with Gasteiger partial charge in [0.15, 0.2) is 6.61 Å². The van der Waals surface area contributed by atoms with E-state index >= 15 is 0 Å². The minimum absolute atomic E-state index is 0.0883. The molecule has 1 N–H and O–H groups in total. The first-order valence-corrected chi connectivity index (χ1v) is 5.62. The van der Waals surface area contributed by atoms with Gasteiger partial charge in [-0.15, -0.1) is 0 Å². The van der Waals surface area contributed by atoms with Gasteiger partial charge in [-0.25, -0.2) is 0 Å². The summed E-state index contributed by atoms with van der Waals surface area (Å²) in [6.07, 6.45) is 2.13. The van der Waals surface area contributed by atoms with Gasteiger partial charge in [0.05, 0.1) is 0 Å². The Morgan fingerprint density at radius 3 is 2.65 bits per heavy atom. The zero-order chi connectivity index (χ0) is 12.7. The Labute approximate surface area is 103 Å². The predicted molar refractivity (Wildman–Crippen MR) is 69.7 cm³/mol. The molecule has 0 fully saturated rings. The van der Waals surface area contributed by atoms with Crippen molar-refractivity contribution >= 4 is 6.08 Å². The number of nitrogens with zero attached hydrogens (tertiary/aromatic N) is 1. The second-order valence-electron chi connectivity index (χ2n) is 3.91. The lowest BCUT2D eigenvalue weighted by molar-refractivity contribution is 0.368. The minimum Gasteiger partial charge on any atom is -0.479 e. The lowest BCUT2D eigenvalue weighted by Gasteiger charge is -2.10. The lowest BCUT2D eigenvalue weighted by atomic mass is 10.1. The number of ether oxygens (including phenoxy) is 1. The van der Waals surface area contributed by atoms with Crippen LogP contribution in [0.2, 0.25) is 0 Å². The van der Waals surface area contributed by atoms with E-state index in [-0.39, 0.29) is 6.61 Å². The average Bonchev–Trinajstić information content (AvgIpc) is 2.37. The molecule has 3 nitrogen and oxygen atoms in total. The van der Waals surface area contributed by atoms with Gasteiger partial charge in [-0.3, -0.25) is 0 Å². The molecule has 0 amide bonds. The number of hydrogen-bond donors (Lipinski definition) is 1. The second-order valence-corrected chi connectivity index (χ2v) is 3.91. The SMILES string of the molecule is CNC(C)/C(C)=C/c1ccc(OCC#N)cc1. The molecule has 0 aromatic heterocycles. The van der Waals surface area contributed by atoms with Gasteiger partial charge in [0.25, 0.3) is 0 Å². The summed E-state index contributed by atoms with van der Waals surface area (Å²) < 4.78 is 5.19. The minimum atomic E-state index is 0.0883. The maximum absolute atomic E-state index is 8.40. The Hall–Kier alpha value is -1.79. The van der Waals surface area contributed by atoms with Crippen LogP contribution in [-0.2, 0) is 0 Å². The zero-order valence-corrected chi connectivity index (χ0v) is 10.5. The van der Waals surface area contributed by atoms with E-state index < -0.39 is 0 Å². The maximum Gasteiger partial charge on any atom is 0.174 e. The highest BCUT2D eigenvalue weighted by Crippen LogP contribution is 2.15. The molecular formula is C14H18N2O. The van der Waals surface area contributed by atoms with E-state index in [1.54, 1.807) is 0 Å². The molecule has 1 aromatic carbocycles. The second kappa shape index (κ2) is 6.72. The summed E-state index contributed by atoms with van der Waals surface area (Å²) in [6.45, 7) is 4.31. The molecule has 1 unspecified atom stereocenters. The first kappa shape index (κ1) is 13.3.